The van der Waals surface area contributed by atoms with Gasteiger partial charge in [0.1, 0.15) is 0 Å². The van der Waals surface area contributed by atoms with Crippen LogP contribution in [0.2, 0.25) is 0 Å². The van der Waals surface area contributed by atoms with E-state index in [1.165, 1.54) is 32.6 Å². The molecule has 0 aromatic rings. The number of nitrogens with two attached hydrogens (primary N) is 1. The van der Waals surface area contributed by atoms with Gasteiger partial charge in [0.2, 0.25) is 0 Å². The average Bonchev–Trinajstić information content (AvgIpc) is 2.32. The molecule has 0 radical (unpaired) electrons. The molecule has 3 heteroatoms. The summed E-state index contributed by atoms with van der Waals surface area (Å²) in [7, 11) is 2.19. The topological polar surface area (TPSA) is 32.5 Å². The van der Waals surface area contributed by atoms with E-state index in [4.69, 9.17) is 5.73 Å². The molecule has 0 aliphatic carbocycles. The molecule has 2 N–H and O–H groups in total. The molecular formula is C10H21N3. The number of likely N-dealkylation sites (N-methyl/N-ethyl adjacent to an activating group) is 1. The molecule has 1 fully saturated rings. The van der Waals surface area contributed by atoms with Crippen LogP contribution in [-0.2, 0) is 0 Å². The second-order valence-electron chi connectivity index (χ2n) is 3.66. The minimum Gasteiger partial charge on any atom is -0.327 e. The molecule has 0 spiro atoms. The summed E-state index contributed by atoms with van der Waals surface area (Å²) in [6.45, 7) is 6.55. The maximum atomic E-state index is 5.38. The molecule has 3 nitrogen and oxygen atoms in total. The lowest BCUT2D eigenvalue weighted by Crippen LogP contribution is -2.29. The molecule has 0 atom stereocenters. The summed E-state index contributed by atoms with van der Waals surface area (Å²) in [5.74, 6) is 0. The molecule has 13 heavy (non-hydrogen) atoms. The normalized spacial score (nSPS) is 22.3. The summed E-state index contributed by atoms with van der Waals surface area (Å²) in [5.41, 5.74) is 5.38. The van der Waals surface area contributed by atoms with Crippen LogP contribution in [0.4, 0.5) is 0 Å². The number of hydrogen-bond acceptors (Lipinski definition) is 3. The fraction of sp³-hybridized carbons (Fsp3) is 0.800. The molecule has 0 bridgehead atoms. The maximum absolute atomic E-state index is 5.38. The lowest BCUT2D eigenvalue weighted by molar-refractivity contribution is 0.300. The summed E-state index contributed by atoms with van der Waals surface area (Å²) in [6, 6.07) is 0. The number of nitrogens with zero attached hydrogens (tertiary/aromatic N) is 2. The molecule has 0 saturated carbocycles. The average molecular weight is 183 g/mol. The van der Waals surface area contributed by atoms with Gasteiger partial charge >= 0.3 is 0 Å². The van der Waals surface area contributed by atoms with Crippen molar-refractivity contribution in [3.05, 3.63) is 12.2 Å². The first-order valence-electron chi connectivity index (χ1n) is 5.09. The molecule has 1 rings (SSSR count). The molecule has 0 aromatic carbocycles. The third-order valence-electron chi connectivity index (χ3n) is 2.48. The quantitative estimate of drug-likeness (QED) is 0.632. The van der Waals surface area contributed by atoms with E-state index in [-0.39, 0.29) is 0 Å². The van der Waals surface area contributed by atoms with E-state index in [0.29, 0.717) is 6.54 Å². The molecular weight excluding hydrogens is 162 g/mol. The van der Waals surface area contributed by atoms with Crippen LogP contribution in [0.15, 0.2) is 12.2 Å². The Kier molecular flexibility index (Phi) is 5.05. The third-order valence-corrected chi connectivity index (χ3v) is 2.48. The lowest BCUT2D eigenvalue weighted by atomic mass is 10.3. The van der Waals surface area contributed by atoms with Crippen LogP contribution in [0.3, 0.4) is 0 Å². The maximum Gasteiger partial charge on any atom is 0.0164 e. The molecule has 1 aliphatic heterocycles. The van der Waals surface area contributed by atoms with Crippen LogP contribution in [-0.4, -0.2) is 56.1 Å². The molecule has 0 amide bonds. The van der Waals surface area contributed by atoms with Gasteiger partial charge in [-0.2, -0.15) is 0 Å². The first kappa shape index (κ1) is 10.7. The molecule has 0 unspecified atom stereocenters. The summed E-state index contributed by atoms with van der Waals surface area (Å²) >= 11 is 0. The minimum absolute atomic E-state index is 0.660. The van der Waals surface area contributed by atoms with Gasteiger partial charge in [-0.05, 0) is 26.6 Å². The molecule has 0 aromatic heterocycles. The van der Waals surface area contributed by atoms with Gasteiger partial charge in [-0.3, -0.25) is 4.90 Å². The van der Waals surface area contributed by atoms with Crippen molar-refractivity contribution in [2.75, 3.05) is 46.3 Å². The van der Waals surface area contributed by atoms with Crippen molar-refractivity contribution in [2.45, 2.75) is 6.42 Å². The van der Waals surface area contributed by atoms with E-state index in [0.717, 1.165) is 6.54 Å². The Morgan fingerprint density at radius 1 is 1.15 bits per heavy atom. The van der Waals surface area contributed by atoms with Crippen LogP contribution >= 0.6 is 0 Å². The van der Waals surface area contributed by atoms with Crippen LogP contribution in [0.25, 0.3) is 0 Å². The third kappa shape index (κ3) is 4.41. The highest BCUT2D eigenvalue weighted by molar-refractivity contribution is 4.86. The second kappa shape index (κ2) is 6.13. The van der Waals surface area contributed by atoms with Crippen molar-refractivity contribution in [3.8, 4) is 0 Å². The highest BCUT2D eigenvalue weighted by Crippen LogP contribution is 2.00. The van der Waals surface area contributed by atoms with Crippen LogP contribution in [0.5, 0.6) is 0 Å². The van der Waals surface area contributed by atoms with Crippen molar-refractivity contribution in [3.63, 3.8) is 0 Å². The highest BCUT2D eigenvalue weighted by Gasteiger charge is 2.09. The van der Waals surface area contributed by atoms with E-state index < -0.39 is 0 Å². The van der Waals surface area contributed by atoms with Gasteiger partial charge < -0.3 is 10.6 Å². The number of hydrogen-bond donors (Lipinski definition) is 1. The first-order chi connectivity index (χ1) is 6.33. The molecule has 76 valence electrons. The molecule has 1 heterocycles. The van der Waals surface area contributed by atoms with Gasteiger partial charge in [-0.15, -0.1) is 0 Å². The molecule has 1 aliphatic rings. The van der Waals surface area contributed by atoms with E-state index in [2.05, 4.69) is 22.9 Å². The van der Waals surface area contributed by atoms with E-state index in [1.54, 1.807) is 0 Å². The predicted octanol–water partition coefficient (Wildman–Crippen LogP) is 0.139. The van der Waals surface area contributed by atoms with Gasteiger partial charge in [0, 0.05) is 26.2 Å². The van der Waals surface area contributed by atoms with E-state index in [9.17, 15) is 0 Å². The largest absolute Gasteiger partial charge is 0.327 e. The van der Waals surface area contributed by atoms with Crippen LogP contribution < -0.4 is 5.73 Å². The van der Waals surface area contributed by atoms with Gasteiger partial charge in [0.15, 0.2) is 0 Å². The van der Waals surface area contributed by atoms with Gasteiger partial charge in [0.25, 0.3) is 0 Å². The standard InChI is InChI=1S/C10H21N3/c1-12-6-4-8-13(10-9-12)7-3-2-5-11/h2-3H,4-11H2,1H3. The van der Waals surface area contributed by atoms with Gasteiger partial charge in [-0.25, -0.2) is 0 Å². The summed E-state index contributed by atoms with van der Waals surface area (Å²) in [6.07, 6.45) is 5.49. The zero-order chi connectivity index (χ0) is 9.52. The Labute approximate surface area is 81.2 Å². The highest BCUT2D eigenvalue weighted by atomic mass is 15.2. The Morgan fingerprint density at radius 2 is 2.00 bits per heavy atom. The Balaban J connectivity index is 2.21. The zero-order valence-corrected chi connectivity index (χ0v) is 8.58. The van der Waals surface area contributed by atoms with Crippen molar-refractivity contribution in [1.82, 2.24) is 9.80 Å². The Hall–Kier alpha value is -0.380. The number of rotatable bonds is 3. The van der Waals surface area contributed by atoms with E-state index >= 15 is 0 Å². The van der Waals surface area contributed by atoms with Gasteiger partial charge in [-0.1, -0.05) is 12.2 Å². The Morgan fingerprint density at radius 3 is 2.77 bits per heavy atom. The summed E-state index contributed by atoms with van der Waals surface area (Å²) in [4.78, 5) is 4.88. The van der Waals surface area contributed by atoms with E-state index in [1.807, 2.05) is 6.08 Å². The lowest BCUT2D eigenvalue weighted by Gasteiger charge is -2.17. The van der Waals surface area contributed by atoms with Crippen molar-refractivity contribution >= 4 is 0 Å². The monoisotopic (exact) mass is 183 g/mol. The Bertz CT molecular complexity index is 156. The molecule has 1 saturated heterocycles. The zero-order valence-electron chi connectivity index (χ0n) is 8.58. The van der Waals surface area contributed by atoms with Gasteiger partial charge in [0.05, 0.1) is 0 Å². The summed E-state index contributed by atoms with van der Waals surface area (Å²) in [5, 5.41) is 0. The van der Waals surface area contributed by atoms with Crippen LogP contribution in [0, 0.1) is 0 Å². The summed E-state index contributed by atoms with van der Waals surface area (Å²) < 4.78 is 0. The van der Waals surface area contributed by atoms with Crippen molar-refractivity contribution < 1.29 is 0 Å². The SMILES string of the molecule is CN1CCCN(CC=CCN)CC1. The fourth-order valence-corrected chi connectivity index (χ4v) is 1.60. The fourth-order valence-electron chi connectivity index (χ4n) is 1.60. The predicted molar refractivity (Wildman–Crippen MR) is 56.7 cm³/mol. The van der Waals surface area contributed by atoms with Crippen molar-refractivity contribution in [1.29, 1.82) is 0 Å². The smallest absolute Gasteiger partial charge is 0.0164 e. The second-order valence-corrected chi connectivity index (χ2v) is 3.66. The van der Waals surface area contributed by atoms with Crippen LogP contribution in [0.1, 0.15) is 6.42 Å². The van der Waals surface area contributed by atoms with Crippen molar-refractivity contribution in [2.24, 2.45) is 5.73 Å². The first-order valence-corrected chi connectivity index (χ1v) is 5.09. The minimum atomic E-state index is 0.660.